The van der Waals surface area contributed by atoms with Crippen molar-refractivity contribution < 1.29 is 19.5 Å². The minimum Gasteiger partial charge on any atom is -0.481 e. The molecule has 1 aromatic rings. The highest BCUT2D eigenvalue weighted by molar-refractivity contribution is 5.94. The number of carbonyl (C=O) groups excluding carboxylic acids is 2. The van der Waals surface area contributed by atoms with Crippen LogP contribution in [0.15, 0.2) is 24.3 Å². The van der Waals surface area contributed by atoms with Crippen molar-refractivity contribution in [1.82, 2.24) is 9.80 Å². The highest BCUT2D eigenvalue weighted by atomic mass is 16.4. The second kappa shape index (κ2) is 6.41. The summed E-state index contributed by atoms with van der Waals surface area (Å²) in [5.74, 6) is -0.701. The molecule has 1 N–H and O–H groups in total. The molecule has 2 saturated heterocycles. The van der Waals surface area contributed by atoms with Crippen LogP contribution in [0, 0.1) is 11.3 Å². The Morgan fingerprint density at radius 3 is 2.35 bits per heavy atom. The maximum absolute atomic E-state index is 12.7. The fourth-order valence-electron chi connectivity index (χ4n) is 4.43. The van der Waals surface area contributed by atoms with Gasteiger partial charge in [-0.15, -0.1) is 0 Å². The first-order chi connectivity index (χ1) is 12.5. The predicted molar refractivity (Wildman–Crippen MR) is 94.4 cm³/mol. The van der Waals surface area contributed by atoms with Gasteiger partial charge >= 0.3 is 5.97 Å². The monoisotopic (exact) mass is 356 g/mol. The number of amides is 2. The number of benzene rings is 1. The zero-order valence-electron chi connectivity index (χ0n) is 14.8. The van der Waals surface area contributed by atoms with E-state index in [0.717, 1.165) is 37.8 Å². The molecule has 1 saturated carbocycles. The molecule has 6 heteroatoms. The maximum Gasteiger partial charge on any atom is 0.307 e. The van der Waals surface area contributed by atoms with Crippen LogP contribution in [-0.4, -0.2) is 52.3 Å². The van der Waals surface area contributed by atoms with Crippen LogP contribution >= 0.6 is 0 Å². The zero-order valence-corrected chi connectivity index (χ0v) is 14.8. The van der Waals surface area contributed by atoms with Gasteiger partial charge in [-0.1, -0.05) is 12.1 Å². The molecule has 3 fully saturated rings. The van der Waals surface area contributed by atoms with E-state index < -0.39 is 5.97 Å². The third-order valence-corrected chi connectivity index (χ3v) is 6.28. The minimum absolute atomic E-state index is 0.0103. The quantitative estimate of drug-likeness (QED) is 0.896. The number of aliphatic carboxylic acids is 1. The number of hydrogen-bond donors (Lipinski definition) is 1. The van der Waals surface area contributed by atoms with Crippen LogP contribution in [-0.2, 0) is 16.1 Å². The summed E-state index contributed by atoms with van der Waals surface area (Å²) in [7, 11) is 0. The van der Waals surface area contributed by atoms with Crippen molar-refractivity contribution in [2.75, 3.05) is 19.6 Å². The van der Waals surface area contributed by atoms with Gasteiger partial charge < -0.3 is 14.9 Å². The first-order valence-electron chi connectivity index (χ1n) is 9.37. The van der Waals surface area contributed by atoms with Gasteiger partial charge in [-0.05, 0) is 48.8 Å². The average molecular weight is 356 g/mol. The first kappa shape index (κ1) is 17.1. The second-order valence-corrected chi connectivity index (χ2v) is 7.87. The van der Waals surface area contributed by atoms with Crippen LogP contribution < -0.4 is 0 Å². The number of rotatable bonds is 4. The zero-order chi connectivity index (χ0) is 18.3. The molecule has 0 bridgehead atoms. The van der Waals surface area contributed by atoms with Gasteiger partial charge in [-0.25, -0.2) is 0 Å². The third-order valence-electron chi connectivity index (χ3n) is 6.28. The Bertz CT molecular complexity index is 735. The SMILES string of the molecule is O=C(O)C1CC12CCN(C(=O)c1ccc(CN3CCCC3=O)cc1)CC2. The Balaban J connectivity index is 1.34. The maximum atomic E-state index is 12.7. The predicted octanol–water partition coefficient (Wildman–Crippen LogP) is 2.14. The molecule has 138 valence electrons. The van der Waals surface area contributed by atoms with Gasteiger partial charge in [0.2, 0.25) is 5.91 Å². The van der Waals surface area contributed by atoms with E-state index in [1.165, 1.54) is 0 Å². The first-order valence-corrected chi connectivity index (χ1v) is 9.37. The lowest BCUT2D eigenvalue weighted by Gasteiger charge is -2.32. The summed E-state index contributed by atoms with van der Waals surface area (Å²) in [6, 6.07) is 7.51. The van der Waals surface area contributed by atoms with E-state index >= 15 is 0 Å². The van der Waals surface area contributed by atoms with E-state index in [-0.39, 0.29) is 23.1 Å². The molecular weight excluding hydrogens is 332 g/mol. The standard InChI is InChI=1S/C20H24N2O4/c23-17-2-1-9-22(17)13-14-3-5-15(6-4-14)18(24)21-10-7-20(8-11-21)12-16(20)19(25)26/h3-6,16H,1-2,7-13H2,(H,25,26). The molecular formula is C20H24N2O4. The summed E-state index contributed by atoms with van der Waals surface area (Å²) in [5, 5.41) is 9.16. The van der Waals surface area contributed by atoms with Crippen molar-refractivity contribution in [3.8, 4) is 0 Å². The van der Waals surface area contributed by atoms with E-state index in [1.807, 2.05) is 34.1 Å². The summed E-state index contributed by atoms with van der Waals surface area (Å²) < 4.78 is 0. The number of carboxylic acids is 1. The number of piperidine rings is 1. The Labute approximate surface area is 152 Å². The normalized spacial score (nSPS) is 24.2. The van der Waals surface area contributed by atoms with Crippen LogP contribution in [0.4, 0.5) is 0 Å². The van der Waals surface area contributed by atoms with Crippen molar-refractivity contribution in [2.24, 2.45) is 11.3 Å². The van der Waals surface area contributed by atoms with Crippen molar-refractivity contribution in [1.29, 1.82) is 0 Å². The van der Waals surface area contributed by atoms with E-state index in [4.69, 9.17) is 5.11 Å². The summed E-state index contributed by atoms with van der Waals surface area (Å²) >= 11 is 0. The molecule has 1 aromatic carbocycles. The highest BCUT2D eigenvalue weighted by Gasteiger charge is 2.59. The molecule has 1 atom stereocenters. The smallest absolute Gasteiger partial charge is 0.307 e. The van der Waals surface area contributed by atoms with Crippen LogP contribution in [0.3, 0.4) is 0 Å². The molecule has 1 spiro atoms. The van der Waals surface area contributed by atoms with Crippen LogP contribution in [0.1, 0.15) is 48.0 Å². The fourth-order valence-corrected chi connectivity index (χ4v) is 4.43. The molecule has 2 heterocycles. The van der Waals surface area contributed by atoms with Gasteiger partial charge in [-0.3, -0.25) is 14.4 Å². The Morgan fingerprint density at radius 1 is 1.12 bits per heavy atom. The number of nitrogens with zero attached hydrogens (tertiary/aromatic N) is 2. The molecule has 1 aliphatic carbocycles. The third kappa shape index (κ3) is 3.08. The summed E-state index contributed by atoms with van der Waals surface area (Å²) in [5.41, 5.74) is 1.63. The fraction of sp³-hybridized carbons (Fsp3) is 0.550. The minimum atomic E-state index is -0.697. The molecule has 0 radical (unpaired) electrons. The van der Waals surface area contributed by atoms with E-state index in [2.05, 4.69) is 0 Å². The lowest BCUT2D eigenvalue weighted by Crippen LogP contribution is -2.40. The van der Waals surface area contributed by atoms with Crippen molar-refractivity contribution >= 4 is 17.8 Å². The number of carbonyl (C=O) groups is 3. The van der Waals surface area contributed by atoms with Crippen molar-refractivity contribution in [3.05, 3.63) is 35.4 Å². The summed E-state index contributed by atoms with van der Waals surface area (Å²) in [4.78, 5) is 39.2. The summed E-state index contributed by atoms with van der Waals surface area (Å²) in [6.07, 6.45) is 3.88. The molecule has 3 aliphatic rings. The Morgan fingerprint density at radius 2 is 1.81 bits per heavy atom. The molecule has 0 aromatic heterocycles. The van der Waals surface area contributed by atoms with E-state index in [1.54, 1.807) is 0 Å². The molecule has 6 nitrogen and oxygen atoms in total. The topological polar surface area (TPSA) is 77.9 Å². The van der Waals surface area contributed by atoms with E-state index in [0.29, 0.717) is 31.6 Å². The average Bonchev–Trinajstić information content (AvgIpc) is 3.20. The number of likely N-dealkylation sites (tertiary alicyclic amines) is 2. The second-order valence-electron chi connectivity index (χ2n) is 7.87. The van der Waals surface area contributed by atoms with Gasteiger partial charge in [-0.2, -0.15) is 0 Å². The Kier molecular flexibility index (Phi) is 4.21. The number of carboxylic acid groups (broad SMARTS) is 1. The molecule has 2 aliphatic heterocycles. The van der Waals surface area contributed by atoms with Gasteiger partial charge in [0.15, 0.2) is 0 Å². The van der Waals surface area contributed by atoms with Gasteiger partial charge in [0, 0.05) is 38.2 Å². The Hall–Kier alpha value is -2.37. The van der Waals surface area contributed by atoms with Gasteiger partial charge in [0.25, 0.3) is 5.91 Å². The molecule has 26 heavy (non-hydrogen) atoms. The molecule has 4 rings (SSSR count). The lowest BCUT2D eigenvalue weighted by atomic mass is 9.90. The molecule has 1 unspecified atom stereocenters. The van der Waals surface area contributed by atoms with E-state index in [9.17, 15) is 14.4 Å². The lowest BCUT2D eigenvalue weighted by molar-refractivity contribution is -0.139. The van der Waals surface area contributed by atoms with Gasteiger partial charge in [0.1, 0.15) is 0 Å². The van der Waals surface area contributed by atoms with Gasteiger partial charge in [0.05, 0.1) is 5.92 Å². The van der Waals surface area contributed by atoms with Crippen LogP contribution in [0.2, 0.25) is 0 Å². The largest absolute Gasteiger partial charge is 0.481 e. The highest BCUT2D eigenvalue weighted by Crippen LogP contribution is 2.59. The summed E-state index contributed by atoms with van der Waals surface area (Å²) in [6.45, 7) is 2.68. The molecule has 2 amide bonds. The van der Waals surface area contributed by atoms with Crippen molar-refractivity contribution in [2.45, 2.75) is 38.6 Å². The van der Waals surface area contributed by atoms with Crippen molar-refractivity contribution in [3.63, 3.8) is 0 Å². The van der Waals surface area contributed by atoms with Crippen LogP contribution in [0.25, 0.3) is 0 Å². The van der Waals surface area contributed by atoms with Crippen LogP contribution in [0.5, 0.6) is 0 Å². The number of hydrogen-bond acceptors (Lipinski definition) is 3.